The maximum atomic E-state index is 12.8. The van der Waals surface area contributed by atoms with E-state index in [0.29, 0.717) is 38.1 Å². The number of fused-ring (bicyclic) bond motifs is 1. The van der Waals surface area contributed by atoms with Gasteiger partial charge in [0.15, 0.2) is 0 Å². The summed E-state index contributed by atoms with van der Waals surface area (Å²) in [5.74, 6) is 1.29. The van der Waals surface area contributed by atoms with E-state index in [1.807, 2.05) is 32.0 Å². The fourth-order valence-electron chi connectivity index (χ4n) is 3.01. The molecule has 0 unspecified atom stereocenters. The van der Waals surface area contributed by atoms with E-state index >= 15 is 0 Å². The summed E-state index contributed by atoms with van der Waals surface area (Å²) in [4.78, 5) is 12.8. The largest absolute Gasteiger partial charge is 0.489 e. The van der Waals surface area contributed by atoms with Crippen LogP contribution >= 0.6 is 23.2 Å². The van der Waals surface area contributed by atoms with Gasteiger partial charge in [0.25, 0.3) is 0 Å². The van der Waals surface area contributed by atoms with Crippen molar-refractivity contribution in [3.8, 4) is 17.2 Å². The van der Waals surface area contributed by atoms with Gasteiger partial charge in [-0.3, -0.25) is 4.79 Å². The standard InChI is InChI=1S/C24H18Cl2O4/c1-14-6-7-15(2)21(10-14)30-23-13-29-22-11-16(8-9-17(22)24(23)27)28-12-18-19(25)4-3-5-20(18)26/h3-11,13H,12H2,1-2H3. The van der Waals surface area contributed by atoms with Gasteiger partial charge in [0.1, 0.15) is 30.0 Å². The van der Waals surface area contributed by atoms with Gasteiger partial charge in [-0.05, 0) is 55.3 Å². The zero-order valence-electron chi connectivity index (χ0n) is 16.4. The van der Waals surface area contributed by atoms with E-state index in [1.54, 1.807) is 36.4 Å². The monoisotopic (exact) mass is 440 g/mol. The van der Waals surface area contributed by atoms with E-state index in [2.05, 4.69) is 0 Å². The smallest absolute Gasteiger partial charge is 0.235 e. The van der Waals surface area contributed by atoms with Gasteiger partial charge < -0.3 is 13.9 Å². The summed E-state index contributed by atoms with van der Waals surface area (Å²) in [6.45, 7) is 4.08. The van der Waals surface area contributed by atoms with Gasteiger partial charge >= 0.3 is 0 Å². The Morgan fingerprint density at radius 3 is 2.47 bits per heavy atom. The number of hydrogen-bond donors (Lipinski definition) is 0. The highest BCUT2D eigenvalue weighted by atomic mass is 35.5. The van der Waals surface area contributed by atoms with Crippen molar-refractivity contribution in [1.82, 2.24) is 0 Å². The van der Waals surface area contributed by atoms with Crippen molar-refractivity contribution < 1.29 is 13.9 Å². The van der Waals surface area contributed by atoms with Crippen LogP contribution in [0.1, 0.15) is 16.7 Å². The second kappa shape index (κ2) is 8.42. The average Bonchev–Trinajstić information content (AvgIpc) is 2.72. The Bertz CT molecular complexity index is 1270. The predicted molar refractivity (Wildman–Crippen MR) is 119 cm³/mol. The van der Waals surface area contributed by atoms with Crippen molar-refractivity contribution >= 4 is 34.2 Å². The van der Waals surface area contributed by atoms with Crippen molar-refractivity contribution in [1.29, 1.82) is 0 Å². The predicted octanol–water partition coefficient (Wildman–Crippen LogP) is 7.09. The molecule has 0 N–H and O–H groups in total. The van der Waals surface area contributed by atoms with Gasteiger partial charge in [0, 0.05) is 21.7 Å². The summed E-state index contributed by atoms with van der Waals surface area (Å²) in [6.07, 6.45) is 1.32. The Hall–Kier alpha value is -2.95. The first-order valence-corrected chi connectivity index (χ1v) is 10.0. The molecule has 0 saturated carbocycles. The molecule has 0 amide bonds. The molecule has 0 spiro atoms. The number of halogens is 2. The summed E-state index contributed by atoms with van der Waals surface area (Å²) >= 11 is 12.4. The van der Waals surface area contributed by atoms with E-state index in [9.17, 15) is 4.79 Å². The van der Waals surface area contributed by atoms with Crippen LogP contribution in [-0.2, 0) is 6.61 Å². The van der Waals surface area contributed by atoms with Crippen LogP contribution in [0.25, 0.3) is 11.0 Å². The van der Waals surface area contributed by atoms with Crippen LogP contribution in [0.3, 0.4) is 0 Å². The molecule has 0 bridgehead atoms. The lowest BCUT2D eigenvalue weighted by Crippen LogP contribution is -2.06. The van der Waals surface area contributed by atoms with Gasteiger partial charge in [0.2, 0.25) is 11.2 Å². The van der Waals surface area contributed by atoms with E-state index in [0.717, 1.165) is 11.1 Å². The van der Waals surface area contributed by atoms with Crippen LogP contribution < -0.4 is 14.9 Å². The Balaban J connectivity index is 1.59. The van der Waals surface area contributed by atoms with Gasteiger partial charge in [-0.15, -0.1) is 0 Å². The second-order valence-electron chi connectivity index (χ2n) is 6.95. The lowest BCUT2D eigenvalue weighted by molar-refractivity contribution is 0.306. The molecule has 0 aliphatic rings. The normalized spacial score (nSPS) is 10.9. The summed E-state index contributed by atoms with van der Waals surface area (Å²) in [5, 5.41) is 1.46. The number of rotatable bonds is 5. The summed E-state index contributed by atoms with van der Waals surface area (Å²) in [7, 11) is 0. The van der Waals surface area contributed by atoms with E-state index < -0.39 is 0 Å². The molecule has 0 fully saturated rings. The first-order valence-electron chi connectivity index (χ1n) is 9.29. The highest BCUT2D eigenvalue weighted by molar-refractivity contribution is 6.35. The molecule has 1 heterocycles. The summed E-state index contributed by atoms with van der Waals surface area (Å²) < 4.78 is 17.3. The van der Waals surface area contributed by atoms with Crippen LogP contribution in [0.5, 0.6) is 17.2 Å². The molecule has 4 rings (SSSR count). The Kier molecular flexibility index (Phi) is 5.71. The maximum absolute atomic E-state index is 12.8. The lowest BCUT2D eigenvalue weighted by Gasteiger charge is -2.11. The second-order valence-corrected chi connectivity index (χ2v) is 7.76. The molecule has 1 aromatic heterocycles. The van der Waals surface area contributed by atoms with Gasteiger partial charge in [-0.1, -0.05) is 41.4 Å². The number of aryl methyl sites for hydroxylation is 2. The minimum Gasteiger partial charge on any atom is -0.489 e. The minimum absolute atomic E-state index is 0.132. The van der Waals surface area contributed by atoms with E-state index in [4.69, 9.17) is 37.1 Å². The van der Waals surface area contributed by atoms with Crippen molar-refractivity contribution in [2.24, 2.45) is 0 Å². The lowest BCUT2D eigenvalue weighted by atomic mass is 10.1. The molecular formula is C24H18Cl2O4. The van der Waals surface area contributed by atoms with Gasteiger partial charge in [-0.25, -0.2) is 0 Å². The van der Waals surface area contributed by atoms with Crippen LogP contribution in [-0.4, -0.2) is 0 Å². The maximum Gasteiger partial charge on any atom is 0.235 e. The molecule has 0 saturated heterocycles. The van der Waals surface area contributed by atoms with Gasteiger partial charge in [0.05, 0.1) is 5.39 Å². The third-order valence-corrected chi connectivity index (χ3v) is 5.43. The van der Waals surface area contributed by atoms with Crippen LogP contribution in [0.4, 0.5) is 0 Å². The molecular weight excluding hydrogens is 423 g/mol. The zero-order valence-corrected chi connectivity index (χ0v) is 17.9. The van der Waals surface area contributed by atoms with Crippen molar-refractivity contribution in [2.45, 2.75) is 20.5 Å². The third kappa shape index (κ3) is 4.16. The molecule has 4 aromatic rings. The first-order chi connectivity index (χ1) is 14.4. The zero-order chi connectivity index (χ0) is 21.3. The SMILES string of the molecule is Cc1ccc(C)c(Oc2coc3cc(OCc4c(Cl)cccc4Cl)ccc3c2=O)c1. The van der Waals surface area contributed by atoms with Crippen LogP contribution in [0.2, 0.25) is 10.0 Å². The Labute approximate surface area is 183 Å². The molecule has 0 radical (unpaired) electrons. The molecule has 0 aliphatic heterocycles. The average molecular weight is 441 g/mol. The Morgan fingerprint density at radius 1 is 0.933 bits per heavy atom. The van der Waals surface area contributed by atoms with Crippen molar-refractivity contribution in [2.75, 3.05) is 0 Å². The molecule has 4 nitrogen and oxygen atoms in total. The fourth-order valence-corrected chi connectivity index (χ4v) is 3.52. The van der Waals surface area contributed by atoms with E-state index in [-0.39, 0.29) is 17.8 Å². The molecule has 0 aliphatic carbocycles. The molecule has 0 atom stereocenters. The molecule has 3 aromatic carbocycles. The highest BCUT2D eigenvalue weighted by Gasteiger charge is 2.12. The van der Waals surface area contributed by atoms with Crippen molar-refractivity contribution in [3.63, 3.8) is 0 Å². The topological polar surface area (TPSA) is 48.7 Å². The number of ether oxygens (including phenoxy) is 2. The molecule has 152 valence electrons. The van der Waals surface area contributed by atoms with Crippen molar-refractivity contribution in [3.05, 3.63) is 97.8 Å². The summed E-state index contributed by atoms with van der Waals surface area (Å²) in [5.41, 5.74) is 2.82. The fraction of sp³-hybridized carbons (Fsp3) is 0.125. The minimum atomic E-state index is -0.252. The highest BCUT2D eigenvalue weighted by Crippen LogP contribution is 2.29. The third-order valence-electron chi connectivity index (χ3n) is 4.72. The number of benzene rings is 3. The quantitative estimate of drug-likeness (QED) is 0.332. The molecule has 30 heavy (non-hydrogen) atoms. The number of hydrogen-bond acceptors (Lipinski definition) is 4. The summed E-state index contributed by atoms with van der Waals surface area (Å²) in [6, 6.07) is 16.1. The molecule has 6 heteroatoms. The van der Waals surface area contributed by atoms with Gasteiger partial charge in [-0.2, -0.15) is 0 Å². The van der Waals surface area contributed by atoms with Crippen LogP contribution in [0.15, 0.2) is 70.1 Å². The van der Waals surface area contributed by atoms with Crippen LogP contribution in [0, 0.1) is 13.8 Å². The Morgan fingerprint density at radius 2 is 1.70 bits per heavy atom. The van der Waals surface area contributed by atoms with E-state index in [1.165, 1.54) is 6.26 Å². The first kappa shape index (κ1) is 20.3.